The lowest BCUT2D eigenvalue weighted by atomic mass is 10.2. The van der Waals surface area contributed by atoms with Crippen molar-refractivity contribution in [1.82, 2.24) is 4.31 Å². The van der Waals surface area contributed by atoms with Crippen LogP contribution >= 0.6 is 15.9 Å². The average molecular weight is 480 g/mol. The largest absolute Gasteiger partial charge is 0.370 e. The monoisotopic (exact) mass is 479 g/mol. The summed E-state index contributed by atoms with van der Waals surface area (Å²) in [6, 6.07) is 12.2. The standard InChI is InChI=1S/C21H26BrN3O3S/c1-3-25(4-2)29(27,28)16-11-12-20(24-13-7-8-14-24)19(15-16)23-21(26)17-9-5-6-10-18(17)22/h5-6,9-12,15H,3-4,7-8,13-14H2,1-2H3,(H,23,26). The first-order valence-corrected chi connectivity index (χ1v) is 12.1. The second kappa shape index (κ2) is 9.28. The Balaban J connectivity index is 2.02. The Bertz CT molecular complexity index is 984. The van der Waals surface area contributed by atoms with E-state index >= 15 is 0 Å². The Labute approximate surface area is 181 Å². The number of rotatable bonds is 7. The molecule has 2 aromatic carbocycles. The van der Waals surface area contributed by atoms with Crippen LogP contribution in [0, 0.1) is 0 Å². The van der Waals surface area contributed by atoms with Gasteiger partial charge in [-0.3, -0.25) is 4.79 Å². The number of halogens is 1. The number of sulfonamides is 1. The van der Waals surface area contributed by atoms with Crippen molar-refractivity contribution in [2.75, 3.05) is 36.4 Å². The van der Waals surface area contributed by atoms with Crippen molar-refractivity contribution in [3.63, 3.8) is 0 Å². The van der Waals surface area contributed by atoms with Crippen molar-refractivity contribution in [3.05, 3.63) is 52.5 Å². The predicted octanol–water partition coefficient (Wildman–Crippen LogP) is 4.33. The number of carbonyl (C=O) groups excluding carboxylic acids is 1. The molecule has 0 unspecified atom stereocenters. The molecule has 8 heteroatoms. The van der Waals surface area contributed by atoms with E-state index in [1.165, 1.54) is 4.31 Å². The molecule has 1 amide bonds. The SMILES string of the molecule is CCN(CC)S(=O)(=O)c1ccc(N2CCCC2)c(NC(=O)c2ccccc2Br)c1. The number of benzene rings is 2. The maximum absolute atomic E-state index is 13.0. The number of nitrogens with zero attached hydrogens (tertiary/aromatic N) is 2. The molecule has 1 fully saturated rings. The van der Waals surface area contributed by atoms with Gasteiger partial charge in [-0.2, -0.15) is 4.31 Å². The van der Waals surface area contributed by atoms with Crippen molar-refractivity contribution >= 4 is 43.2 Å². The summed E-state index contributed by atoms with van der Waals surface area (Å²) in [5, 5.41) is 2.94. The van der Waals surface area contributed by atoms with Crippen LogP contribution in [-0.2, 0) is 10.0 Å². The molecule has 0 aromatic heterocycles. The van der Waals surface area contributed by atoms with Crippen molar-refractivity contribution in [3.8, 4) is 0 Å². The molecule has 0 atom stereocenters. The van der Waals surface area contributed by atoms with Crippen molar-refractivity contribution in [2.45, 2.75) is 31.6 Å². The van der Waals surface area contributed by atoms with Crippen LogP contribution in [0.15, 0.2) is 51.8 Å². The van der Waals surface area contributed by atoms with Gasteiger partial charge in [0, 0.05) is 30.7 Å². The molecule has 0 aliphatic carbocycles. The lowest BCUT2D eigenvalue weighted by molar-refractivity contribution is 0.102. The smallest absolute Gasteiger partial charge is 0.256 e. The van der Waals surface area contributed by atoms with Gasteiger partial charge < -0.3 is 10.2 Å². The summed E-state index contributed by atoms with van der Waals surface area (Å²) in [4.78, 5) is 15.3. The lowest BCUT2D eigenvalue weighted by Crippen LogP contribution is -2.31. The van der Waals surface area contributed by atoms with Crippen LogP contribution in [0.2, 0.25) is 0 Å². The topological polar surface area (TPSA) is 69.7 Å². The molecule has 0 bridgehead atoms. The minimum absolute atomic E-state index is 0.187. The number of nitrogens with one attached hydrogen (secondary N) is 1. The first kappa shape index (κ1) is 21.8. The minimum atomic E-state index is -3.62. The van der Waals surface area contributed by atoms with Gasteiger partial charge in [0.05, 0.1) is 21.8 Å². The van der Waals surface area contributed by atoms with Gasteiger partial charge in [-0.05, 0) is 59.1 Å². The summed E-state index contributed by atoms with van der Waals surface area (Å²) in [5.74, 6) is -0.282. The maximum Gasteiger partial charge on any atom is 0.256 e. The molecule has 1 aliphatic heterocycles. The van der Waals surface area contributed by atoms with Crippen LogP contribution in [0.4, 0.5) is 11.4 Å². The summed E-state index contributed by atoms with van der Waals surface area (Å²) in [5.41, 5.74) is 1.86. The zero-order valence-electron chi connectivity index (χ0n) is 16.7. The summed E-state index contributed by atoms with van der Waals surface area (Å²) in [6.45, 7) is 6.20. The van der Waals surface area contributed by atoms with Crippen LogP contribution in [0.5, 0.6) is 0 Å². The van der Waals surface area contributed by atoms with Gasteiger partial charge in [0.1, 0.15) is 0 Å². The minimum Gasteiger partial charge on any atom is -0.370 e. The number of hydrogen-bond acceptors (Lipinski definition) is 4. The third-order valence-corrected chi connectivity index (χ3v) is 7.86. The van der Waals surface area contributed by atoms with Gasteiger partial charge >= 0.3 is 0 Å². The molecule has 1 aliphatic rings. The summed E-state index contributed by atoms with van der Waals surface area (Å²) >= 11 is 3.41. The fraction of sp³-hybridized carbons (Fsp3) is 0.381. The first-order valence-electron chi connectivity index (χ1n) is 9.83. The highest BCUT2D eigenvalue weighted by atomic mass is 79.9. The Morgan fingerprint density at radius 3 is 2.38 bits per heavy atom. The van der Waals surface area contributed by atoms with Gasteiger partial charge in [-0.15, -0.1) is 0 Å². The summed E-state index contributed by atoms with van der Waals surface area (Å²) in [6.07, 6.45) is 2.16. The van der Waals surface area contributed by atoms with Gasteiger partial charge in [-0.1, -0.05) is 26.0 Å². The van der Waals surface area contributed by atoms with Gasteiger partial charge in [-0.25, -0.2) is 8.42 Å². The number of anilines is 2. The van der Waals surface area contributed by atoms with E-state index in [0.717, 1.165) is 31.6 Å². The molecule has 156 valence electrons. The molecule has 6 nitrogen and oxygen atoms in total. The van der Waals surface area contributed by atoms with Gasteiger partial charge in [0.2, 0.25) is 10.0 Å². The number of amides is 1. The van der Waals surface area contributed by atoms with Crippen molar-refractivity contribution in [1.29, 1.82) is 0 Å². The number of hydrogen-bond donors (Lipinski definition) is 1. The lowest BCUT2D eigenvalue weighted by Gasteiger charge is -2.24. The van der Waals surface area contributed by atoms with E-state index in [4.69, 9.17) is 0 Å². The molecular weight excluding hydrogens is 454 g/mol. The normalized spacial score (nSPS) is 14.4. The van der Waals surface area contributed by atoms with E-state index < -0.39 is 10.0 Å². The first-order chi connectivity index (χ1) is 13.9. The molecular formula is C21H26BrN3O3S. The van der Waals surface area contributed by atoms with E-state index in [-0.39, 0.29) is 10.8 Å². The summed E-state index contributed by atoms with van der Waals surface area (Å²) in [7, 11) is -3.62. The van der Waals surface area contributed by atoms with Crippen LogP contribution in [0.3, 0.4) is 0 Å². The second-order valence-electron chi connectivity index (χ2n) is 6.90. The maximum atomic E-state index is 13.0. The molecule has 29 heavy (non-hydrogen) atoms. The van der Waals surface area contributed by atoms with E-state index in [2.05, 4.69) is 26.1 Å². The van der Waals surface area contributed by atoms with Crippen LogP contribution in [0.25, 0.3) is 0 Å². The summed E-state index contributed by atoms with van der Waals surface area (Å²) < 4.78 is 28.1. The Morgan fingerprint density at radius 1 is 1.10 bits per heavy atom. The Kier molecular flexibility index (Phi) is 6.97. The second-order valence-corrected chi connectivity index (χ2v) is 9.69. The third-order valence-electron chi connectivity index (χ3n) is 5.12. The van der Waals surface area contributed by atoms with E-state index in [1.54, 1.807) is 36.4 Å². The predicted molar refractivity (Wildman–Crippen MR) is 120 cm³/mol. The Morgan fingerprint density at radius 2 is 1.76 bits per heavy atom. The highest BCUT2D eigenvalue weighted by molar-refractivity contribution is 9.10. The average Bonchev–Trinajstić information content (AvgIpc) is 3.23. The van der Waals surface area contributed by atoms with Crippen molar-refractivity contribution in [2.24, 2.45) is 0 Å². The molecule has 0 spiro atoms. The molecule has 0 saturated carbocycles. The molecule has 1 saturated heterocycles. The zero-order chi connectivity index (χ0) is 21.0. The third kappa shape index (κ3) is 4.65. The van der Waals surface area contributed by atoms with E-state index in [9.17, 15) is 13.2 Å². The zero-order valence-corrected chi connectivity index (χ0v) is 19.1. The van der Waals surface area contributed by atoms with Crippen LogP contribution < -0.4 is 10.2 Å². The van der Waals surface area contributed by atoms with E-state index in [1.807, 2.05) is 19.9 Å². The molecule has 1 N–H and O–H groups in total. The van der Waals surface area contributed by atoms with Crippen LogP contribution in [0.1, 0.15) is 37.0 Å². The van der Waals surface area contributed by atoms with Crippen LogP contribution in [-0.4, -0.2) is 44.8 Å². The molecule has 2 aromatic rings. The number of carbonyl (C=O) groups is 1. The molecule has 1 heterocycles. The van der Waals surface area contributed by atoms with Gasteiger partial charge in [0.15, 0.2) is 0 Å². The quantitative estimate of drug-likeness (QED) is 0.641. The highest BCUT2D eigenvalue weighted by Gasteiger charge is 2.25. The molecule has 3 rings (SSSR count). The highest BCUT2D eigenvalue weighted by Crippen LogP contribution is 2.33. The van der Waals surface area contributed by atoms with Gasteiger partial charge in [0.25, 0.3) is 5.91 Å². The van der Waals surface area contributed by atoms with E-state index in [0.29, 0.717) is 28.8 Å². The Hall–Kier alpha value is -1.90. The fourth-order valence-corrected chi connectivity index (χ4v) is 5.51. The molecule has 0 radical (unpaired) electrons. The fourth-order valence-electron chi connectivity index (χ4n) is 3.56. The van der Waals surface area contributed by atoms with Crippen molar-refractivity contribution < 1.29 is 13.2 Å².